The number of hydrogen-bond acceptors (Lipinski definition) is 6. The maximum atomic E-state index is 5.85. The van der Waals surface area contributed by atoms with Gasteiger partial charge in [-0.3, -0.25) is 4.68 Å². The van der Waals surface area contributed by atoms with Crippen LogP contribution in [-0.4, -0.2) is 43.5 Å². The van der Waals surface area contributed by atoms with Gasteiger partial charge in [0.2, 0.25) is 0 Å². The van der Waals surface area contributed by atoms with Crippen molar-refractivity contribution in [2.75, 3.05) is 11.9 Å². The van der Waals surface area contributed by atoms with Gasteiger partial charge in [0, 0.05) is 47.5 Å². The predicted octanol–water partition coefficient (Wildman–Crippen LogP) is 4.04. The lowest BCUT2D eigenvalue weighted by molar-refractivity contribution is 0.0304. The summed E-state index contributed by atoms with van der Waals surface area (Å²) in [5.74, 6) is 0.840. The molecule has 156 valence electrons. The van der Waals surface area contributed by atoms with Gasteiger partial charge in [-0.1, -0.05) is 6.08 Å². The second-order valence-electron chi connectivity index (χ2n) is 7.80. The van der Waals surface area contributed by atoms with E-state index in [0.29, 0.717) is 0 Å². The van der Waals surface area contributed by atoms with Crippen LogP contribution in [0, 0.1) is 13.8 Å². The van der Waals surface area contributed by atoms with E-state index in [1.807, 2.05) is 18.3 Å². The maximum Gasteiger partial charge on any atom is 0.125 e. The molecule has 3 aromatic rings. The molecular weight excluding hydrogens is 376 g/mol. The summed E-state index contributed by atoms with van der Waals surface area (Å²) in [5, 5.41) is 8.16. The van der Waals surface area contributed by atoms with E-state index in [2.05, 4.69) is 58.7 Å². The van der Waals surface area contributed by atoms with Gasteiger partial charge in [0.05, 0.1) is 24.4 Å². The summed E-state index contributed by atoms with van der Waals surface area (Å²) in [7, 11) is 0. The minimum absolute atomic E-state index is 0.143. The monoisotopic (exact) mass is 404 g/mol. The molecule has 1 aliphatic rings. The van der Waals surface area contributed by atoms with Crippen molar-refractivity contribution in [3.63, 3.8) is 0 Å². The van der Waals surface area contributed by atoms with Crippen molar-refractivity contribution in [3.05, 3.63) is 60.1 Å². The first kappa shape index (κ1) is 20.2. The van der Waals surface area contributed by atoms with Crippen LogP contribution in [0.2, 0.25) is 0 Å². The van der Waals surface area contributed by atoms with E-state index in [1.54, 1.807) is 12.4 Å². The van der Waals surface area contributed by atoms with Crippen LogP contribution in [0.1, 0.15) is 37.2 Å². The molecule has 0 aromatic carbocycles. The zero-order chi connectivity index (χ0) is 21.1. The lowest BCUT2D eigenvalue weighted by Gasteiger charge is -2.25. The third-order valence-electron chi connectivity index (χ3n) is 5.38. The van der Waals surface area contributed by atoms with Crippen molar-refractivity contribution in [2.24, 2.45) is 0 Å². The molecule has 7 heteroatoms. The highest BCUT2D eigenvalue weighted by atomic mass is 16.5. The first-order chi connectivity index (χ1) is 14.5. The topological polar surface area (TPSA) is 77.8 Å². The average molecular weight is 405 g/mol. The van der Waals surface area contributed by atoms with Crippen molar-refractivity contribution in [1.82, 2.24) is 24.7 Å². The molecule has 0 spiro atoms. The molecule has 0 bridgehead atoms. The molecule has 3 aromatic heterocycles. The normalized spacial score (nSPS) is 18.9. The second kappa shape index (κ2) is 8.75. The number of aryl methyl sites for hydroxylation is 1. The Labute approximate surface area is 177 Å². The molecule has 0 amide bonds. The average Bonchev–Trinajstić information content (AvgIpc) is 3.01. The van der Waals surface area contributed by atoms with Crippen molar-refractivity contribution < 1.29 is 4.74 Å². The molecule has 0 aliphatic carbocycles. The van der Waals surface area contributed by atoms with Crippen molar-refractivity contribution in [1.29, 1.82) is 0 Å². The third-order valence-corrected chi connectivity index (χ3v) is 5.38. The minimum Gasteiger partial charge on any atom is -0.371 e. The highest BCUT2D eigenvalue weighted by Gasteiger charge is 2.22. The molecule has 1 aliphatic heterocycles. The smallest absolute Gasteiger partial charge is 0.125 e. The van der Waals surface area contributed by atoms with Gasteiger partial charge >= 0.3 is 0 Å². The molecule has 2 atom stereocenters. The lowest BCUT2D eigenvalue weighted by atomic mass is 9.95. The molecule has 7 nitrogen and oxygen atoms in total. The summed E-state index contributed by atoms with van der Waals surface area (Å²) in [6, 6.07) is 4.00. The van der Waals surface area contributed by atoms with Crippen molar-refractivity contribution in [2.45, 2.75) is 52.9 Å². The maximum absolute atomic E-state index is 5.85. The number of pyridine rings is 1. The van der Waals surface area contributed by atoms with Gasteiger partial charge in [0.15, 0.2) is 0 Å². The molecule has 4 heterocycles. The number of nitrogens with one attached hydrogen (secondary N) is 1. The van der Waals surface area contributed by atoms with Crippen LogP contribution in [0.5, 0.6) is 0 Å². The molecule has 1 N–H and O–H groups in total. The molecule has 4 rings (SSSR count). The van der Waals surface area contributed by atoms with Gasteiger partial charge < -0.3 is 10.1 Å². The Morgan fingerprint density at radius 1 is 1.10 bits per heavy atom. The van der Waals surface area contributed by atoms with E-state index in [4.69, 9.17) is 9.84 Å². The Morgan fingerprint density at radius 2 is 1.90 bits per heavy atom. The van der Waals surface area contributed by atoms with E-state index in [-0.39, 0.29) is 12.2 Å². The van der Waals surface area contributed by atoms with Gasteiger partial charge in [-0.05, 0) is 51.8 Å². The highest BCUT2D eigenvalue weighted by Crippen LogP contribution is 2.31. The fraction of sp³-hybridized carbons (Fsp3) is 0.391. The van der Waals surface area contributed by atoms with Crippen molar-refractivity contribution in [3.8, 4) is 11.1 Å². The fourth-order valence-electron chi connectivity index (χ4n) is 4.09. The van der Waals surface area contributed by atoms with E-state index in [0.717, 1.165) is 42.1 Å². The second-order valence-corrected chi connectivity index (χ2v) is 7.80. The summed E-state index contributed by atoms with van der Waals surface area (Å²) >= 11 is 0. The standard InChI is InChI=1S/C23H28N6O/c1-15-9-20(10-16(2)30-15)23-17(3)28-29(18(23)4)8-7-26-22-6-5-19(13-27-22)21-11-24-14-25-12-21/h5-6,9,11-16H,7-8,10H2,1-4H3,(H,26,27). The quantitative estimate of drug-likeness (QED) is 0.668. The van der Waals surface area contributed by atoms with Gasteiger partial charge in [-0.15, -0.1) is 0 Å². The van der Waals surface area contributed by atoms with Gasteiger partial charge in [-0.2, -0.15) is 5.10 Å². The summed E-state index contributed by atoms with van der Waals surface area (Å²) in [6.45, 7) is 9.99. The summed E-state index contributed by atoms with van der Waals surface area (Å²) in [5.41, 5.74) is 6.85. The van der Waals surface area contributed by atoms with Gasteiger partial charge in [0.1, 0.15) is 12.1 Å². The lowest BCUT2D eigenvalue weighted by Crippen LogP contribution is -2.21. The minimum atomic E-state index is 0.143. The Balaban J connectivity index is 1.40. The number of hydrogen-bond donors (Lipinski definition) is 1. The van der Waals surface area contributed by atoms with Crippen molar-refractivity contribution >= 4 is 11.4 Å². The van der Waals surface area contributed by atoms with Crippen LogP contribution in [0.25, 0.3) is 16.7 Å². The van der Waals surface area contributed by atoms with Crippen LogP contribution >= 0.6 is 0 Å². The fourth-order valence-corrected chi connectivity index (χ4v) is 4.09. The highest BCUT2D eigenvalue weighted by molar-refractivity contribution is 5.70. The first-order valence-electron chi connectivity index (χ1n) is 10.4. The van der Waals surface area contributed by atoms with E-state index < -0.39 is 0 Å². The first-order valence-corrected chi connectivity index (χ1v) is 10.4. The van der Waals surface area contributed by atoms with Crippen LogP contribution < -0.4 is 5.32 Å². The van der Waals surface area contributed by atoms with Gasteiger partial charge in [0.25, 0.3) is 0 Å². The van der Waals surface area contributed by atoms with Crippen LogP contribution in [0.4, 0.5) is 5.82 Å². The molecule has 0 saturated carbocycles. The summed E-state index contributed by atoms with van der Waals surface area (Å²) in [6.07, 6.45) is 10.5. The predicted molar refractivity (Wildman–Crippen MR) is 118 cm³/mol. The molecule has 0 saturated heterocycles. The number of anilines is 1. The Morgan fingerprint density at radius 3 is 2.60 bits per heavy atom. The van der Waals surface area contributed by atoms with E-state index >= 15 is 0 Å². The number of rotatable bonds is 6. The number of ether oxygens (including phenoxy) is 1. The van der Waals surface area contributed by atoms with Gasteiger partial charge in [-0.25, -0.2) is 15.0 Å². The van der Waals surface area contributed by atoms with Crippen LogP contribution in [0.15, 0.2) is 43.1 Å². The van der Waals surface area contributed by atoms with Crippen LogP contribution in [0.3, 0.4) is 0 Å². The Kier molecular flexibility index (Phi) is 5.90. The number of aromatic nitrogens is 5. The Bertz CT molecular complexity index is 1030. The zero-order valence-electron chi connectivity index (χ0n) is 18.0. The summed E-state index contributed by atoms with van der Waals surface area (Å²) < 4.78 is 7.93. The summed E-state index contributed by atoms with van der Waals surface area (Å²) in [4.78, 5) is 12.6. The Hall–Kier alpha value is -3.06. The number of nitrogens with zero attached hydrogens (tertiary/aromatic N) is 5. The molecule has 0 radical (unpaired) electrons. The van der Waals surface area contributed by atoms with Crippen LogP contribution in [-0.2, 0) is 11.3 Å². The molecular formula is C23H28N6O. The molecule has 2 unspecified atom stereocenters. The third kappa shape index (κ3) is 4.41. The molecule has 30 heavy (non-hydrogen) atoms. The van der Waals surface area contributed by atoms with E-state index in [1.165, 1.54) is 23.2 Å². The SMILES string of the molecule is Cc1nn(CCNc2ccc(-c3cncnc3)cn2)c(C)c1C1=CC(C)OC(C)C1. The van der Waals surface area contributed by atoms with E-state index in [9.17, 15) is 0 Å². The largest absolute Gasteiger partial charge is 0.371 e. The zero-order valence-corrected chi connectivity index (χ0v) is 18.0. The molecule has 0 fully saturated rings.